The number of aromatic nitrogens is 3. The molecule has 0 bridgehead atoms. The fraction of sp³-hybridized carbons (Fsp3) is 0.857. The second kappa shape index (κ2) is 8.59. The van der Waals surface area contributed by atoms with Crippen LogP contribution in [0.4, 0.5) is 0 Å². The average molecular weight is 284 g/mol. The molecule has 0 amide bonds. The quantitative estimate of drug-likeness (QED) is 0.757. The number of nitrogens with zero attached hydrogens (tertiary/aromatic N) is 3. The summed E-state index contributed by atoms with van der Waals surface area (Å²) in [4.78, 5) is 4.42. The zero-order chi connectivity index (χ0) is 14.3. The summed E-state index contributed by atoms with van der Waals surface area (Å²) in [6, 6.07) is 0.858. The second-order valence-corrected chi connectivity index (χ2v) is 7.06. The highest BCUT2D eigenvalue weighted by molar-refractivity contribution is 7.99. The van der Waals surface area contributed by atoms with Crippen LogP contribution in [0.5, 0.6) is 0 Å². The topological polar surface area (TPSA) is 42.7 Å². The lowest BCUT2D eigenvalue weighted by Crippen LogP contribution is -2.35. The van der Waals surface area contributed by atoms with Crippen LogP contribution in [0.2, 0.25) is 0 Å². The molecule has 0 fully saturated rings. The van der Waals surface area contributed by atoms with E-state index in [4.69, 9.17) is 0 Å². The standard InChI is InChI=1S/C14H28N4S/c1-6-7-15-13(9-19-12(4)5)8-14-16-10-17-18(14)11(2)3/h10-13,15H,6-9H2,1-5H3. The van der Waals surface area contributed by atoms with E-state index in [-0.39, 0.29) is 0 Å². The Morgan fingerprint density at radius 1 is 1.32 bits per heavy atom. The van der Waals surface area contributed by atoms with Gasteiger partial charge in [-0.25, -0.2) is 9.67 Å². The number of hydrogen-bond acceptors (Lipinski definition) is 4. The van der Waals surface area contributed by atoms with E-state index < -0.39 is 0 Å². The van der Waals surface area contributed by atoms with Crippen molar-refractivity contribution in [3.8, 4) is 0 Å². The van der Waals surface area contributed by atoms with Crippen molar-refractivity contribution < 1.29 is 0 Å². The Balaban J connectivity index is 2.61. The van der Waals surface area contributed by atoms with E-state index in [1.807, 2.05) is 16.4 Å². The first kappa shape index (κ1) is 16.5. The Bertz CT molecular complexity index is 349. The van der Waals surface area contributed by atoms with Crippen molar-refractivity contribution in [1.29, 1.82) is 0 Å². The molecule has 0 aliphatic heterocycles. The highest BCUT2D eigenvalue weighted by Crippen LogP contribution is 2.14. The molecule has 19 heavy (non-hydrogen) atoms. The van der Waals surface area contributed by atoms with Crippen molar-refractivity contribution in [3.63, 3.8) is 0 Å². The van der Waals surface area contributed by atoms with Gasteiger partial charge in [0.15, 0.2) is 0 Å². The lowest BCUT2D eigenvalue weighted by Gasteiger charge is -2.20. The van der Waals surface area contributed by atoms with Crippen molar-refractivity contribution in [3.05, 3.63) is 12.2 Å². The van der Waals surface area contributed by atoms with E-state index in [9.17, 15) is 0 Å². The molecule has 0 spiro atoms. The molecule has 1 atom stereocenters. The molecular weight excluding hydrogens is 256 g/mol. The fourth-order valence-corrected chi connectivity index (χ4v) is 2.77. The van der Waals surface area contributed by atoms with Crippen LogP contribution in [0.3, 0.4) is 0 Å². The molecule has 0 saturated carbocycles. The maximum atomic E-state index is 4.42. The minimum atomic E-state index is 0.377. The van der Waals surface area contributed by atoms with Gasteiger partial charge in [-0.2, -0.15) is 16.9 Å². The summed E-state index contributed by atoms with van der Waals surface area (Å²) in [6.45, 7) is 12.1. The van der Waals surface area contributed by atoms with E-state index in [1.165, 1.54) is 6.42 Å². The fourth-order valence-electron chi connectivity index (χ4n) is 1.92. The van der Waals surface area contributed by atoms with Crippen molar-refractivity contribution in [2.75, 3.05) is 12.3 Å². The third-order valence-electron chi connectivity index (χ3n) is 2.88. The maximum absolute atomic E-state index is 4.42. The molecule has 0 radical (unpaired) electrons. The SMILES string of the molecule is CCCNC(CSC(C)C)Cc1ncnn1C(C)C. The highest BCUT2D eigenvalue weighted by Gasteiger charge is 2.15. The molecular formula is C14H28N4S. The molecule has 110 valence electrons. The zero-order valence-corrected chi connectivity index (χ0v) is 13.7. The third-order valence-corrected chi connectivity index (χ3v) is 4.14. The predicted molar refractivity (Wildman–Crippen MR) is 83.8 cm³/mol. The summed E-state index contributed by atoms with van der Waals surface area (Å²) in [7, 11) is 0. The molecule has 5 heteroatoms. The van der Waals surface area contributed by atoms with Gasteiger partial charge in [-0.05, 0) is 32.1 Å². The molecule has 1 N–H and O–H groups in total. The van der Waals surface area contributed by atoms with Gasteiger partial charge in [-0.3, -0.25) is 0 Å². The van der Waals surface area contributed by atoms with E-state index in [1.54, 1.807) is 6.33 Å². The van der Waals surface area contributed by atoms with Crippen LogP contribution in [-0.4, -0.2) is 38.4 Å². The van der Waals surface area contributed by atoms with Crippen molar-refractivity contribution >= 4 is 11.8 Å². The van der Waals surface area contributed by atoms with Crippen molar-refractivity contribution in [2.24, 2.45) is 0 Å². The largest absolute Gasteiger partial charge is 0.313 e. The summed E-state index contributed by atoms with van der Waals surface area (Å²) in [5.41, 5.74) is 0. The smallest absolute Gasteiger partial charge is 0.138 e. The van der Waals surface area contributed by atoms with Crippen LogP contribution in [0.25, 0.3) is 0 Å². The Labute approximate surface area is 121 Å². The van der Waals surface area contributed by atoms with Gasteiger partial charge in [0.05, 0.1) is 0 Å². The third kappa shape index (κ3) is 5.95. The zero-order valence-electron chi connectivity index (χ0n) is 12.9. The molecule has 1 aromatic rings. The van der Waals surface area contributed by atoms with Crippen LogP contribution < -0.4 is 5.32 Å². The van der Waals surface area contributed by atoms with Crippen LogP contribution >= 0.6 is 11.8 Å². The summed E-state index contributed by atoms with van der Waals surface area (Å²) in [5, 5.41) is 8.62. The molecule has 1 aromatic heterocycles. The van der Waals surface area contributed by atoms with Crippen LogP contribution in [0.15, 0.2) is 6.33 Å². The molecule has 1 heterocycles. The molecule has 1 unspecified atom stereocenters. The molecule has 4 nitrogen and oxygen atoms in total. The van der Waals surface area contributed by atoms with Gasteiger partial charge in [0, 0.05) is 24.3 Å². The van der Waals surface area contributed by atoms with E-state index >= 15 is 0 Å². The maximum Gasteiger partial charge on any atom is 0.138 e. The van der Waals surface area contributed by atoms with Crippen LogP contribution in [0.1, 0.15) is 52.9 Å². The van der Waals surface area contributed by atoms with Crippen LogP contribution in [-0.2, 0) is 6.42 Å². The number of hydrogen-bond donors (Lipinski definition) is 1. The van der Waals surface area contributed by atoms with Gasteiger partial charge >= 0.3 is 0 Å². The van der Waals surface area contributed by atoms with Crippen molar-refractivity contribution in [2.45, 2.75) is 64.8 Å². The monoisotopic (exact) mass is 284 g/mol. The predicted octanol–water partition coefficient (Wildman–Crippen LogP) is 2.91. The van der Waals surface area contributed by atoms with Gasteiger partial charge in [-0.15, -0.1) is 0 Å². The summed E-state index contributed by atoms with van der Waals surface area (Å²) < 4.78 is 2.03. The lowest BCUT2D eigenvalue weighted by atomic mass is 10.2. The number of rotatable bonds is 9. The molecule has 0 saturated heterocycles. The molecule has 1 rings (SSSR count). The number of nitrogens with one attached hydrogen (secondary N) is 1. The summed E-state index contributed by atoms with van der Waals surface area (Å²) in [6.07, 6.45) is 3.79. The Morgan fingerprint density at radius 2 is 2.05 bits per heavy atom. The molecule has 0 aliphatic carbocycles. The van der Waals surface area contributed by atoms with E-state index in [0.717, 1.165) is 24.5 Å². The van der Waals surface area contributed by atoms with E-state index in [2.05, 4.69) is 50.0 Å². The highest BCUT2D eigenvalue weighted by atomic mass is 32.2. The second-order valence-electron chi connectivity index (χ2n) is 5.45. The van der Waals surface area contributed by atoms with Crippen molar-refractivity contribution in [1.82, 2.24) is 20.1 Å². The van der Waals surface area contributed by atoms with Gasteiger partial charge in [-0.1, -0.05) is 20.8 Å². The van der Waals surface area contributed by atoms with Crippen LogP contribution in [0, 0.1) is 0 Å². The first-order valence-electron chi connectivity index (χ1n) is 7.27. The van der Waals surface area contributed by atoms with Gasteiger partial charge < -0.3 is 5.32 Å². The Hall–Kier alpha value is -0.550. The van der Waals surface area contributed by atoms with E-state index in [0.29, 0.717) is 17.3 Å². The van der Waals surface area contributed by atoms with Gasteiger partial charge in [0.25, 0.3) is 0 Å². The first-order chi connectivity index (χ1) is 9.04. The first-order valence-corrected chi connectivity index (χ1v) is 8.32. The summed E-state index contributed by atoms with van der Waals surface area (Å²) >= 11 is 2.01. The molecule has 0 aromatic carbocycles. The Morgan fingerprint density at radius 3 is 2.63 bits per heavy atom. The average Bonchev–Trinajstić information content (AvgIpc) is 2.80. The van der Waals surface area contributed by atoms with Gasteiger partial charge in [0.1, 0.15) is 12.2 Å². The normalized spacial score (nSPS) is 13.4. The molecule has 0 aliphatic rings. The number of thioether (sulfide) groups is 1. The Kier molecular flexibility index (Phi) is 7.46. The minimum Gasteiger partial charge on any atom is -0.313 e. The summed E-state index contributed by atoms with van der Waals surface area (Å²) in [5.74, 6) is 2.22. The lowest BCUT2D eigenvalue weighted by molar-refractivity contribution is 0.472. The van der Waals surface area contributed by atoms with Gasteiger partial charge in [0.2, 0.25) is 0 Å². The minimum absolute atomic E-state index is 0.377.